The van der Waals surface area contributed by atoms with Gasteiger partial charge in [-0.1, -0.05) is 43.6 Å². The lowest BCUT2D eigenvalue weighted by molar-refractivity contribution is 0.0714. The Morgan fingerprint density at radius 2 is 1.74 bits per heavy atom. The summed E-state index contributed by atoms with van der Waals surface area (Å²) < 4.78 is 1.95. The molecule has 0 saturated heterocycles. The molecule has 0 bridgehead atoms. The number of halogens is 2. The Labute approximate surface area is 138 Å². The predicted molar refractivity (Wildman–Crippen MR) is 92.4 cm³/mol. The Morgan fingerprint density at radius 3 is 2.21 bits per heavy atom. The molecule has 0 N–H and O–H groups in total. The van der Waals surface area contributed by atoms with Gasteiger partial charge in [0.15, 0.2) is 0 Å². The number of nitrogens with zero attached hydrogens (tertiary/aromatic N) is 1. The Hall–Kier alpha value is -0.100. The standard InChI is InChI=1S/C15H21BrINO/c1-10(2)8-18(9-11(3)4)15(19)13-7-12(16)5-6-14(13)17/h5-7,10-11H,8-9H2,1-4H3. The van der Waals surface area contributed by atoms with Gasteiger partial charge >= 0.3 is 0 Å². The molecule has 1 rings (SSSR count). The van der Waals surface area contributed by atoms with E-state index < -0.39 is 0 Å². The van der Waals surface area contributed by atoms with Crippen molar-refractivity contribution >= 4 is 44.4 Å². The van der Waals surface area contributed by atoms with E-state index in [4.69, 9.17) is 0 Å². The second-order valence-corrected chi connectivity index (χ2v) is 7.70. The summed E-state index contributed by atoms with van der Waals surface area (Å²) in [5, 5.41) is 0. The minimum absolute atomic E-state index is 0.133. The first-order valence-electron chi connectivity index (χ1n) is 6.55. The van der Waals surface area contributed by atoms with E-state index in [0.29, 0.717) is 11.8 Å². The van der Waals surface area contributed by atoms with E-state index >= 15 is 0 Å². The number of carbonyl (C=O) groups is 1. The summed E-state index contributed by atoms with van der Waals surface area (Å²) in [5.41, 5.74) is 0.788. The first-order chi connectivity index (χ1) is 8.81. The maximum atomic E-state index is 12.7. The molecule has 0 unspecified atom stereocenters. The van der Waals surface area contributed by atoms with Gasteiger partial charge in [0.2, 0.25) is 0 Å². The van der Waals surface area contributed by atoms with Crippen LogP contribution in [0, 0.1) is 15.4 Å². The molecular weight excluding hydrogens is 417 g/mol. The van der Waals surface area contributed by atoms with Crippen LogP contribution < -0.4 is 0 Å². The van der Waals surface area contributed by atoms with Gasteiger partial charge in [0.05, 0.1) is 5.56 Å². The number of benzene rings is 1. The number of carbonyl (C=O) groups excluding carboxylic acids is 1. The summed E-state index contributed by atoms with van der Waals surface area (Å²) in [4.78, 5) is 14.7. The lowest BCUT2D eigenvalue weighted by Crippen LogP contribution is -2.37. The molecule has 4 heteroatoms. The van der Waals surface area contributed by atoms with Crippen LogP contribution in [0.4, 0.5) is 0 Å². The average Bonchev–Trinajstić information content (AvgIpc) is 2.29. The Kier molecular flexibility index (Phi) is 6.80. The average molecular weight is 438 g/mol. The lowest BCUT2D eigenvalue weighted by Gasteiger charge is -2.27. The minimum atomic E-state index is 0.133. The quantitative estimate of drug-likeness (QED) is 0.605. The largest absolute Gasteiger partial charge is 0.338 e. The number of hydrogen-bond donors (Lipinski definition) is 0. The van der Waals surface area contributed by atoms with Crippen LogP contribution in [0.1, 0.15) is 38.1 Å². The summed E-state index contributed by atoms with van der Waals surface area (Å²) >= 11 is 5.67. The van der Waals surface area contributed by atoms with Crippen LogP contribution in [-0.2, 0) is 0 Å². The molecule has 0 radical (unpaired) electrons. The molecule has 106 valence electrons. The molecule has 0 atom stereocenters. The number of hydrogen-bond acceptors (Lipinski definition) is 1. The van der Waals surface area contributed by atoms with Gasteiger partial charge in [-0.3, -0.25) is 4.79 Å². The van der Waals surface area contributed by atoms with Gasteiger partial charge in [-0.25, -0.2) is 0 Å². The highest BCUT2D eigenvalue weighted by molar-refractivity contribution is 14.1. The molecule has 0 aliphatic heterocycles. The summed E-state index contributed by atoms with van der Waals surface area (Å²) in [6, 6.07) is 5.85. The zero-order valence-corrected chi connectivity index (χ0v) is 15.7. The molecule has 0 heterocycles. The van der Waals surface area contributed by atoms with Crippen molar-refractivity contribution in [1.29, 1.82) is 0 Å². The van der Waals surface area contributed by atoms with E-state index in [1.807, 2.05) is 23.1 Å². The molecular formula is C15H21BrINO. The summed E-state index contributed by atoms with van der Waals surface area (Å²) in [5.74, 6) is 1.09. The molecule has 1 amide bonds. The minimum Gasteiger partial charge on any atom is -0.338 e. The Bertz CT molecular complexity index is 436. The fourth-order valence-corrected chi connectivity index (χ4v) is 2.88. The van der Waals surface area contributed by atoms with Gasteiger partial charge in [0.1, 0.15) is 0 Å². The Morgan fingerprint density at radius 1 is 1.21 bits per heavy atom. The summed E-state index contributed by atoms with van der Waals surface area (Å²) in [7, 11) is 0. The van der Waals surface area contributed by atoms with Crippen molar-refractivity contribution in [3.63, 3.8) is 0 Å². The molecule has 2 nitrogen and oxygen atoms in total. The van der Waals surface area contributed by atoms with E-state index in [1.165, 1.54) is 0 Å². The highest BCUT2D eigenvalue weighted by Gasteiger charge is 2.20. The van der Waals surface area contributed by atoms with Crippen molar-refractivity contribution in [1.82, 2.24) is 4.90 Å². The first kappa shape index (κ1) is 17.0. The van der Waals surface area contributed by atoms with Gasteiger partial charge < -0.3 is 4.90 Å². The lowest BCUT2D eigenvalue weighted by atomic mass is 10.1. The van der Waals surface area contributed by atoms with Crippen molar-refractivity contribution in [3.05, 3.63) is 31.8 Å². The van der Waals surface area contributed by atoms with Gasteiger partial charge in [0, 0.05) is 21.1 Å². The van der Waals surface area contributed by atoms with Crippen molar-refractivity contribution in [2.24, 2.45) is 11.8 Å². The monoisotopic (exact) mass is 437 g/mol. The van der Waals surface area contributed by atoms with Crippen molar-refractivity contribution in [3.8, 4) is 0 Å². The Balaban J connectivity index is 3.00. The zero-order valence-electron chi connectivity index (χ0n) is 11.9. The maximum absolute atomic E-state index is 12.7. The van der Waals surface area contributed by atoms with Crippen molar-refractivity contribution in [2.75, 3.05) is 13.1 Å². The number of rotatable bonds is 5. The SMILES string of the molecule is CC(C)CN(CC(C)C)C(=O)c1cc(Br)ccc1I. The highest BCUT2D eigenvalue weighted by Crippen LogP contribution is 2.21. The molecule has 0 aromatic heterocycles. The molecule has 0 fully saturated rings. The van der Waals surface area contributed by atoms with E-state index in [1.54, 1.807) is 0 Å². The van der Waals surface area contributed by atoms with Crippen LogP contribution >= 0.6 is 38.5 Å². The van der Waals surface area contributed by atoms with Crippen LogP contribution in [0.15, 0.2) is 22.7 Å². The number of amides is 1. The maximum Gasteiger partial charge on any atom is 0.254 e. The molecule has 1 aromatic rings. The third kappa shape index (κ3) is 5.42. The van der Waals surface area contributed by atoms with Gasteiger partial charge in [-0.15, -0.1) is 0 Å². The molecule has 0 saturated carbocycles. The predicted octanol–water partition coefficient (Wildman–Crippen LogP) is 4.81. The fourth-order valence-electron chi connectivity index (χ4n) is 1.95. The van der Waals surface area contributed by atoms with Gasteiger partial charge in [-0.05, 0) is 52.6 Å². The molecule has 0 spiro atoms. The highest BCUT2D eigenvalue weighted by atomic mass is 127. The van der Waals surface area contributed by atoms with Crippen LogP contribution in [0.3, 0.4) is 0 Å². The van der Waals surface area contributed by atoms with E-state index in [2.05, 4.69) is 66.2 Å². The van der Waals surface area contributed by atoms with E-state index in [-0.39, 0.29) is 5.91 Å². The fraction of sp³-hybridized carbons (Fsp3) is 0.533. The van der Waals surface area contributed by atoms with Crippen LogP contribution in [-0.4, -0.2) is 23.9 Å². The van der Waals surface area contributed by atoms with E-state index in [9.17, 15) is 4.79 Å². The molecule has 1 aromatic carbocycles. The van der Waals surface area contributed by atoms with Crippen LogP contribution in [0.2, 0.25) is 0 Å². The first-order valence-corrected chi connectivity index (χ1v) is 8.42. The van der Waals surface area contributed by atoms with Crippen LogP contribution in [0.25, 0.3) is 0 Å². The zero-order chi connectivity index (χ0) is 14.6. The molecule has 19 heavy (non-hydrogen) atoms. The second kappa shape index (κ2) is 7.62. The van der Waals surface area contributed by atoms with Crippen LogP contribution in [0.5, 0.6) is 0 Å². The third-order valence-corrected chi connectivity index (χ3v) is 4.05. The second-order valence-electron chi connectivity index (χ2n) is 5.62. The summed E-state index contributed by atoms with van der Waals surface area (Å²) in [6.45, 7) is 10.2. The van der Waals surface area contributed by atoms with Crippen molar-refractivity contribution in [2.45, 2.75) is 27.7 Å². The smallest absolute Gasteiger partial charge is 0.254 e. The summed E-state index contributed by atoms with van der Waals surface area (Å²) in [6.07, 6.45) is 0. The van der Waals surface area contributed by atoms with Gasteiger partial charge in [0.25, 0.3) is 5.91 Å². The third-order valence-electron chi connectivity index (χ3n) is 2.62. The molecule has 0 aliphatic carbocycles. The van der Waals surface area contributed by atoms with Crippen molar-refractivity contribution < 1.29 is 4.79 Å². The molecule has 0 aliphatic rings. The van der Waals surface area contributed by atoms with Gasteiger partial charge in [-0.2, -0.15) is 0 Å². The van der Waals surface area contributed by atoms with E-state index in [0.717, 1.165) is 26.7 Å². The normalized spacial score (nSPS) is 11.2. The topological polar surface area (TPSA) is 20.3 Å².